The first-order valence-corrected chi connectivity index (χ1v) is 7.77. The minimum atomic E-state index is -3.63. The highest BCUT2D eigenvalue weighted by atomic mass is 35.5. The summed E-state index contributed by atoms with van der Waals surface area (Å²) >= 11 is 5.85. The number of sulfone groups is 1. The van der Waals surface area contributed by atoms with Crippen molar-refractivity contribution in [2.24, 2.45) is 0 Å². The molecule has 0 aliphatic rings. The second kappa shape index (κ2) is 5.41. The van der Waals surface area contributed by atoms with Crippen LogP contribution in [-0.4, -0.2) is 36.4 Å². The maximum atomic E-state index is 12.0. The summed E-state index contributed by atoms with van der Waals surface area (Å²) in [6.07, 6.45) is 0.946. The topological polar surface area (TPSA) is 101 Å². The Hall–Kier alpha value is -1.60. The number of rotatable bonds is 4. The molecule has 0 saturated heterocycles. The van der Waals surface area contributed by atoms with Gasteiger partial charge in [0.05, 0.1) is 16.3 Å². The SMILES string of the molecule is CC(C)(C(=O)Nc1cc(C(=O)O)ccc1Cl)S(C)(=O)=O. The number of carbonyl (C=O) groups excluding carboxylic acids is 1. The van der Waals surface area contributed by atoms with Gasteiger partial charge in [0.15, 0.2) is 9.84 Å². The van der Waals surface area contributed by atoms with Crippen LogP contribution in [0.15, 0.2) is 18.2 Å². The summed E-state index contributed by atoms with van der Waals surface area (Å²) in [6.45, 7) is 2.51. The Morgan fingerprint density at radius 1 is 1.30 bits per heavy atom. The van der Waals surface area contributed by atoms with Crippen LogP contribution in [0.4, 0.5) is 5.69 Å². The Bertz CT molecular complexity index is 666. The van der Waals surface area contributed by atoms with Crippen molar-refractivity contribution in [3.63, 3.8) is 0 Å². The summed E-state index contributed by atoms with van der Waals surface area (Å²) in [5.41, 5.74) is -0.0184. The maximum Gasteiger partial charge on any atom is 0.335 e. The number of amides is 1. The van der Waals surface area contributed by atoms with Crippen molar-refractivity contribution in [2.75, 3.05) is 11.6 Å². The van der Waals surface area contributed by atoms with Crippen molar-refractivity contribution in [3.05, 3.63) is 28.8 Å². The molecule has 1 aromatic rings. The molecule has 0 heterocycles. The number of aromatic carboxylic acids is 1. The summed E-state index contributed by atoms with van der Waals surface area (Å²) in [6, 6.07) is 3.76. The fourth-order valence-corrected chi connectivity index (χ4v) is 1.75. The fourth-order valence-electron chi connectivity index (χ4n) is 1.20. The van der Waals surface area contributed by atoms with Crippen LogP contribution in [0.25, 0.3) is 0 Å². The number of halogens is 1. The number of hydrogen-bond donors (Lipinski definition) is 2. The molecular formula is C12H14ClNO5S. The Labute approximate surface area is 121 Å². The predicted octanol–water partition coefficient (Wildman–Crippen LogP) is 1.80. The smallest absolute Gasteiger partial charge is 0.335 e. The van der Waals surface area contributed by atoms with Crippen molar-refractivity contribution < 1.29 is 23.1 Å². The summed E-state index contributed by atoms with van der Waals surface area (Å²) in [4.78, 5) is 22.9. The molecule has 0 fully saturated rings. The first-order chi connectivity index (χ1) is 8.96. The van der Waals surface area contributed by atoms with Gasteiger partial charge in [-0.3, -0.25) is 4.79 Å². The molecule has 0 spiro atoms. The van der Waals surface area contributed by atoms with Crippen LogP contribution in [0.5, 0.6) is 0 Å². The van der Waals surface area contributed by atoms with Crippen molar-refractivity contribution in [1.82, 2.24) is 0 Å². The Morgan fingerprint density at radius 2 is 1.85 bits per heavy atom. The molecule has 1 aromatic carbocycles. The molecular weight excluding hydrogens is 306 g/mol. The highest BCUT2D eigenvalue weighted by Crippen LogP contribution is 2.25. The van der Waals surface area contributed by atoms with E-state index in [-0.39, 0.29) is 16.3 Å². The third-order valence-electron chi connectivity index (χ3n) is 2.94. The number of carboxylic acid groups (broad SMARTS) is 1. The fraction of sp³-hybridized carbons (Fsp3) is 0.333. The van der Waals surface area contributed by atoms with Crippen LogP contribution in [0.2, 0.25) is 5.02 Å². The van der Waals surface area contributed by atoms with Crippen LogP contribution in [0.3, 0.4) is 0 Å². The normalized spacial score (nSPS) is 12.0. The third-order valence-corrected chi connectivity index (χ3v) is 5.30. The number of nitrogens with one attached hydrogen (secondary N) is 1. The lowest BCUT2D eigenvalue weighted by molar-refractivity contribution is -0.117. The Morgan fingerprint density at radius 3 is 2.30 bits per heavy atom. The van der Waals surface area contributed by atoms with Crippen molar-refractivity contribution in [1.29, 1.82) is 0 Å². The first kappa shape index (κ1) is 16.5. The molecule has 2 N–H and O–H groups in total. The van der Waals surface area contributed by atoms with E-state index in [0.717, 1.165) is 6.26 Å². The van der Waals surface area contributed by atoms with E-state index in [1.54, 1.807) is 0 Å². The van der Waals surface area contributed by atoms with E-state index in [4.69, 9.17) is 16.7 Å². The van der Waals surface area contributed by atoms with E-state index in [1.807, 2.05) is 0 Å². The van der Waals surface area contributed by atoms with E-state index in [0.29, 0.717) is 0 Å². The molecule has 0 atom stereocenters. The van der Waals surface area contributed by atoms with Crippen molar-refractivity contribution in [2.45, 2.75) is 18.6 Å². The first-order valence-electron chi connectivity index (χ1n) is 5.50. The molecule has 110 valence electrons. The molecule has 0 aromatic heterocycles. The molecule has 1 rings (SSSR count). The molecule has 6 nitrogen and oxygen atoms in total. The molecule has 0 saturated carbocycles. The van der Waals surface area contributed by atoms with Crippen LogP contribution in [-0.2, 0) is 14.6 Å². The van der Waals surface area contributed by atoms with E-state index in [9.17, 15) is 18.0 Å². The highest BCUT2D eigenvalue weighted by molar-refractivity contribution is 7.92. The average Bonchev–Trinajstić information content (AvgIpc) is 2.29. The van der Waals surface area contributed by atoms with Crippen LogP contribution in [0, 0.1) is 0 Å². The van der Waals surface area contributed by atoms with Gasteiger partial charge < -0.3 is 10.4 Å². The minimum absolute atomic E-state index is 0.0493. The van der Waals surface area contributed by atoms with Gasteiger partial charge in [-0.2, -0.15) is 0 Å². The second-order valence-corrected chi connectivity index (χ2v) is 7.71. The molecule has 20 heavy (non-hydrogen) atoms. The largest absolute Gasteiger partial charge is 0.478 e. The lowest BCUT2D eigenvalue weighted by atomic mass is 10.1. The molecule has 1 amide bonds. The van der Waals surface area contributed by atoms with Gasteiger partial charge in [0.1, 0.15) is 4.75 Å². The summed E-state index contributed by atoms with van der Waals surface area (Å²) in [7, 11) is -3.63. The number of anilines is 1. The lowest BCUT2D eigenvalue weighted by Crippen LogP contribution is -2.43. The molecule has 0 radical (unpaired) electrons. The number of carbonyl (C=O) groups is 2. The van der Waals surface area contributed by atoms with Gasteiger partial charge in [0.25, 0.3) is 0 Å². The van der Waals surface area contributed by atoms with Crippen LogP contribution >= 0.6 is 11.6 Å². The zero-order valence-corrected chi connectivity index (χ0v) is 12.7. The van der Waals surface area contributed by atoms with Gasteiger partial charge in [-0.1, -0.05) is 11.6 Å². The van der Waals surface area contributed by atoms with E-state index >= 15 is 0 Å². The third kappa shape index (κ3) is 3.29. The van der Waals surface area contributed by atoms with Gasteiger partial charge in [-0.25, -0.2) is 13.2 Å². The monoisotopic (exact) mass is 319 g/mol. The lowest BCUT2D eigenvalue weighted by Gasteiger charge is -2.21. The van der Waals surface area contributed by atoms with Crippen molar-refractivity contribution in [3.8, 4) is 0 Å². The second-order valence-electron chi connectivity index (χ2n) is 4.74. The molecule has 0 bridgehead atoms. The minimum Gasteiger partial charge on any atom is -0.478 e. The Kier molecular flexibility index (Phi) is 4.45. The van der Waals surface area contributed by atoms with Gasteiger partial charge in [0.2, 0.25) is 5.91 Å². The van der Waals surface area contributed by atoms with Crippen molar-refractivity contribution >= 4 is 39.0 Å². The van der Waals surface area contributed by atoms with Gasteiger partial charge in [-0.05, 0) is 32.0 Å². The zero-order valence-electron chi connectivity index (χ0n) is 11.1. The highest BCUT2D eigenvalue weighted by Gasteiger charge is 2.38. The summed E-state index contributed by atoms with van der Waals surface area (Å²) < 4.78 is 21.5. The number of benzene rings is 1. The van der Waals surface area contributed by atoms with E-state index < -0.39 is 26.5 Å². The average molecular weight is 320 g/mol. The molecule has 0 aliphatic heterocycles. The maximum absolute atomic E-state index is 12.0. The zero-order chi connectivity index (χ0) is 15.7. The standard InChI is InChI=1S/C12H14ClNO5S/c1-12(2,20(3,18)19)11(17)14-9-6-7(10(15)16)4-5-8(9)13/h4-6H,1-3H3,(H,14,17)(H,15,16). The number of carboxylic acids is 1. The van der Waals surface area contributed by atoms with Crippen LogP contribution in [0.1, 0.15) is 24.2 Å². The quantitative estimate of drug-likeness (QED) is 0.881. The van der Waals surface area contributed by atoms with Gasteiger partial charge in [-0.15, -0.1) is 0 Å². The van der Waals surface area contributed by atoms with E-state index in [2.05, 4.69) is 5.32 Å². The van der Waals surface area contributed by atoms with Crippen LogP contribution < -0.4 is 5.32 Å². The summed E-state index contributed by atoms with van der Waals surface area (Å²) in [5, 5.41) is 11.3. The predicted molar refractivity (Wildman–Crippen MR) is 76.0 cm³/mol. The summed E-state index contributed by atoms with van der Waals surface area (Å²) in [5.74, 6) is -1.97. The van der Waals surface area contributed by atoms with Gasteiger partial charge in [0, 0.05) is 6.26 Å². The molecule has 0 unspecified atom stereocenters. The Balaban J connectivity index is 3.14. The van der Waals surface area contributed by atoms with Gasteiger partial charge >= 0.3 is 5.97 Å². The number of hydrogen-bond acceptors (Lipinski definition) is 4. The molecule has 8 heteroatoms. The van der Waals surface area contributed by atoms with E-state index in [1.165, 1.54) is 32.0 Å². The molecule has 0 aliphatic carbocycles.